The fraction of sp³-hybridized carbons (Fsp3) is 0.600. The lowest BCUT2D eigenvalue weighted by Gasteiger charge is -2.27. The van der Waals surface area contributed by atoms with Gasteiger partial charge in [0.25, 0.3) is 0 Å². The van der Waals surface area contributed by atoms with E-state index >= 15 is 0 Å². The molecule has 0 aromatic heterocycles. The highest BCUT2D eigenvalue weighted by molar-refractivity contribution is 5.56. The number of nitrogens with zero attached hydrogens (tertiary/aromatic N) is 2. The molecule has 0 N–H and O–H groups in total. The van der Waals surface area contributed by atoms with E-state index in [-0.39, 0.29) is 0 Å². The van der Waals surface area contributed by atoms with Crippen LogP contribution in [0.4, 0.5) is 5.69 Å². The van der Waals surface area contributed by atoms with E-state index in [4.69, 9.17) is 0 Å². The topological polar surface area (TPSA) is 6.48 Å². The third kappa shape index (κ3) is 3.22. The maximum atomic E-state index is 2.42. The van der Waals surface area contributed by atoms with Gasteiger partial charge in [0.05, 0.1) is 0 Å². The highest BCUT2D eigenvalue weighted by Gasteiger charge is 2.13. The number of hydrogen-bond donors (Lipinski definition) is 0. The molecule has 1 aliphatic rings. The first-order valence-electron chi connectivity index (χ1n) is 6.64. The zero-order valence-electron chi connectivity index (χ0n) is 11.4. The van der Waals surface area contributed by atoms with Gasteiger partial charge in [0.2, 0.25) is 0 Å². The monoisotopic (exact) mass is 232 g/mol. The van der Waals surface area contributed by atoms with Crippen molar-refractivity contribution >= 4 is 5.69 Å². The van der Waals surface area contributed by atoms with E-state index in [2.05, 4.69) is 49.1 Å². The van der Waals surface area contributed by atoms with Gasteiger partial charge in [0, 0.05) is 19.3 Å². The Balaban J connectivity index is 2.01. The summed E-state index contributed by atoms with van der Waals surface area (Å²) >= 11 is 0. The predicted octanol–water partition coefficient (Wildman–Crippen LogP) is 2.56. The average Bonchev–Trinajstić information content (AvgIpc) is 2.29. The number of fused-ring (bicyclic) bond motifs is 1. The largest absolute Gasteiger partial charge is 0.374 e. The molecular formula is C15H24N2. The van der Waals surface area contributed by atoms with Gasteiger partial charge in [-0.15, -0.1) is 0 Å². The first kappa shape index (κ1) is 12.4. The molecule has 0 aliphatic carbocycles. The SMILES string of the molecule is CN(C)CCCc1ccc2c(c1)CCCN2C. The molecule has 1 aliphatic heterocycles. The lowest BCUT2D eigenvalue weighted by atomic mass is 9.98. The third-order valence-corrected chi connectivity index (χ3v) is 3.57. The Morgan fingerprint density at radius 2 is 2.12 bits per heavy atom. The van der Waals surface area contributed by atoms with Gasteiger partial charge < -0.3 is 9.80 Å². The standard InChI is InChI=1S/C15H24N2/c1-16(2)10-4-6-13-8-9-15-14(12-13)7-5-11-17(15)3/h8-9,12H,4-7,10-11H2,1-3H3. The van der Waals surface area contributed by atoms with Crippen LogP contribution in [0.15, 0.2) is 18.2 Å². The van der Waals surface area contributed by atoms with Crippen molar-refractivity contribution in [1.82, 2.24) is 4.90 Å². The van der Waals surface area contributed by atoms with Crippen LogP contribution in [0.5, 0.6) is 0 Å². The van der Waals surface area contributed by atoms with Gasteiger partial charge in [0.1, 0.15) is 0 Å². The van der Waals surface area contributed by atoms with Crippen molar-refractivity contribution in [3.05, 3.63) is 29.3 Å². The van der Waals surface area contributed by atoms with Gasteiger partial charge in [-0.25, -0.2) is 0 Å². The van der Waals surface area contributed by atoms with E-state index < -0.39 is 0 Å². The van der Waals surface area contributed by atoms with Gasteiger partial charge in [-0.2, -0.15) is 0 Å². The summed E-state index contributed by atoms with van der Waals surface area (Å²) in [4.78, 5) is 4.63. The Morgan fingerprint density at radius 1 is 1.29 bits per heavy atom. The first-order valence-corrected chi connectivity index (χ1v) is 6.64. The van der Waals surface area contributed by atoms with E-state index in [9.17, 15) is 0 Å². The van der Waals surface area contributed by atoms with Crippen LogP contribution in [0.25, 0.3) is 0 Å². The fourth-order valence-corrected chi connectivity index (χ4v) is 2.59. The van der Waals surface area contributed by atoms with Crippen LogP contribution in [0.1, 0.15) is 24.0 Å². The summed E-state index contributed by atoms with van der Waals surface area (Å²) in [5, 5.41) is 0. The van der Waals surface area contributed by atoms with E-state index in [0.29, 0.717) is 0 Å². The summed E-state index contributed by atoms with van der Waals surface area (Å²) in [6.07, 6.45) is 5.00. The second kappa shape index (κ2) is 5.54. The minimum Gasteiger partial charge on any atom is -0.374 e. The Bertz CT molecular complexity index is 371. The smallest absolute Gasteiger partial charge is 0.0396 e. The van der Waals surface area contributed by atoms with Crippen molar-refractivity contribution in [2.24, 2.45) is 0 Å². The summed E-state index contributed by atoms with van der Waals surface area (Å²) in [6.45, 7) is 2.38. The van der Waals surface area contributed by atoms with Crippen molar-refractivity contribution in [1.29, 1.82) is 0 Å². The molecule has 17 heavy (non-hydrogen) atoms. The van der Waals surface area contributed by atoms with Crippen LogP contribution in [0.2, 0.25) is 0 Å². The highest BCUT2D eigenvalue weighted by atomic mass is 15.1. The molecule has 1 aromatic carbocycles. The molecule has 2 heteroatoms. The molecule has 0 radical (unpaired) electrons. The molecule has 2 nitrogen and oxygen atoms in total. The maximum Gasteiger partial charge on any atom is 0.0396 e. The zero-order chi connectivity index (χ0) is 12.3. The highest BCUT2D eigenvalue weighted by Crippen LogP contribution is 2.27. The fourth-order valence-electron chi connectivity index (χ4n) is 2.59. The molecule has 1 aromatic rings. The zero-order valence-corrected chi connectivity index (χ0v) is 11.4. The molecular weight excluding hydrogens is 208 g/mol. The second-order valence-electron chi connectivity index (χ2n) is 5.40. The number of anilines is 1. The molecule has 0 unspecified atom stereocenters. The molecule has 94 valence electrons. The molecule has 0 atom stereocenters. The van der Waals surface area contributed by atoms with Crippen molar-refractivity contribution in [3.8, 4) is 0 Å². The minimum absolute atomic E-state index is 1.18. The third-order valence-electron chi connectivity index (χ3n) is 3.57. The van der Waals surface area contributed by atoms with Gasteiger partial charge in [0.15, 0.2) is 0 Å². The number of hydrogen-bond acceptors (Lipinski definition) is 2. The van der Waals surface area contributed by atoms with Crippen molar-refractivity contribution in [3.63, 3.8) is 0 Å². The van der Waals surface area contributed by atoms with Gasteiger partial charge in [-0.05, 0) is 63.5 Å². The maximum absolute atomic E-state index is 2.42. The summed E-state index contributed by atoms with van der Waals surface area (Å²) in [6, 6.07) is 7.02. The van der Waals surface area contributed by atoms with Crippen LogP contribution in [0, 0.1) is 0 Å². The summed E-state index contributed by atoms with van der Waals surface area (Å²) in [7, 11) is 6.48. The van der Waals surface area contributed by atoms with E-state index in [1.54, 1.807) is 5.56 Å². The lowest BCUT2D eigenvalue weighted by molar-refractivity contribution is 0.400. The van der Waals surface area contributed by atoms with Crippen molar-refractivity contribution in [2.75, 3.05) is 39.1 Å². The second-order valence-corrected chi connectivity index (χ2v) is 5.40. The molecule has 0 bridgehead atoms. The number of benzene rings is 1. The van der Waals surface area contributed by atoms with Gasteiger partial charge in [-0.3, -0.25) is 0 Å². The summed E-state index contributed by atoms with van der Waals surface area (Å²) in [5.41, 5.74) is 4.48. The van der Waals surface area contributed by atoms with Crippen LogP contribution in [0.3, 0.4) is 0 Å². The minimum atomic E-state index is 1.18. The molecule has 0 spiro atoms. The number of aryl methyl sites for hydroxylation is 2. The van der Waals surface area contributed by atoms with Crippen molar-refractivity contribution in [2.45, 2.75) is 25.7 Å². The molecule has 0 saturated carbocycles. The van der Waals surface area contributed by atoms with E-state index in [0.717, 1.165) is 0 Å². The molecule has 2 rings (SSSR count). The van der Waals surface area contributed by atoms with Crippen LogP contribution < -0.4 is 4.90 Å². The Morgan fingerprint density at radius 3 is 2.88 bits per heavy atom. The van der Waals surface area contributed by atoms with Crippen LogP contribution >= 0.6 is 0 Å². The molecule has 0 saturated heterocycles. The summed E-state index contributed by atoms with van der Waals surface area (Å²) < 4.78 is 0. The molecule has 0 amide bonds. The lowest BCUT2D eigenvalue weighted by Crippen LogP contribution is -2.24. The molecule has 1 heterocycles. The quantitative estimate of drug-likeness (QED) is 0.787. The molecule has 0 fully saturated rings. The Kier molecular flexibility index (Phi) is 4.06. The van der Waals surface area contributed by atoms with Gasteiger partial charge in [-0.1, -0.05) is 12.1 Å². The predicted molar refractivity (Wildman–Crippen MR) is 74.9 cm³/mol. The summed E-state index contributed by atoms with van der Waals surface area (Å²) in [5.74, 6) is 0. The Hall–Kier alpha value is -1.02. The number of rotatable bonds is 4. The van der Waals surface area contributed by atoms with Crippen LogP contribution in [-0.4, -0.2) is 39.1 Å². The van der Waals surface area contributed by atoms with E-state index in [1.807, 2.05) is 0 Å². The normalized spacial score (nSPS) is 15.2. The van der Waals surface area contributed by atoms with Crippen molar-refractivity contribution < 1.29 is 0 Å². The Labute approximate surface area is 105 Å². The van der Waals surface area contributed by atoms with Gasteiger partial charge >= 0.3 is 0 Å². The average molecular weight is 232 g/mol. The van der Waals surface area contributed by atoms with E-state index in [1.165, 1.54) is 50.0 Å². The first-order chi connectivity index (χ1) is 8.16. The van der Waals surface area contributed by atoms with Crippen LogP contribution in [-0.2, 0) is 12.8 Å².